The maximum Gasteiger partial charge on any atom is 0.224 e. The first-order valence-electron chi connectivity index (χ1n) is 6.81. The van der Waals surface area contributed by atoms with Crippen molar-refractivity contribution in [1.29, 1.82) is 0 Å². The molecule has 2 rings (SSSR count). The van der Waals surface area contributed by atoms with E-state index in [1.54, 1.807) is 0 Å². The second kappa shape index (κ2) is 6.53. The summed E-state index contributed by atoms with van der Waals surface area (Å²) in [6, 6.07) is 7.72. The fraction of sp³-hybridized carbons (Fsp3) is 0.533. The number of carbonyl (C=O) groups excluding carboxylic acids is 1. The summed E-state index contributed by atoms with van der Waals surface area (Å²) in [6.45, 7) is 0.375. The van der Waals surface area contributed by atoms with E-state index < -0.39 is 5.60 Å². The number of halogens is 1. The molecule has 1 aromatic rings. The lowest BCUT2D eigenvalue weighted by Gasteiger charge is -2.32. The molecule has 1 aliphatic carbocycles. The number of rotatable bonds is 4. The van der Waals surface area contributed by atoms with Gasteiger partial charge in [0.05, 0.1) is 12.0 Å². The lowest BCUT2D eigenvalue weighted by atomic mass is 9.85. The predicted molar refractivity (Wildman–Crippen MR) is 78.9 cm³/mol. The molecule has 1 aromatic carbocycles. The molecule has 0 aromatic heterocycles. The van der Waals surface area contributed by atoms with Crippen LogP contribution >= 0.6 is 15.9 Å². The molecule has 1 fully saturated rings. The van der Waals surface area contributed by atoms with Crippen molar-refractivity contribution in [3.63, 3.8) is 0 Å². The lowest BCUT2D eigenvalue weighted by molar-refractivity contribution is -0.122. The van der Waals surface area contributed by atoms with Crippen LogP contribution in [0.25, 0.3) is 0 Å². The molecule has 0 atom stereocenters. The first-order chi connectivity index (χ1) is 9.07. The van der Waals surface area contributed by atoms with Crippen LogP contribution in [-0.4, -0.2) is 23.2 Å². The van der Waals surface area contributed by atoms with E-state index in [9.17, 15) is 9.90 Å². The van der Waals surface area contributed by atoms with E-state index in [0.717, 1.165) is 35.7 Å². The second-order valence-electron chi connectivity index (χ2n) is 5.37. The number of nitrogens with one attached hydrogen (secondary N) is 1. The summed E-state index contributed by atoms with van der Waals surface area (Å²) in [7, 11) is 0. The van der Waals surface area contributed by atoms with Crippen LogP contribution in [0.5, 0.6) is 0 Å². The standard InChI is InChI=1S/C15H20BrNO2/c16-13-6-4-5-12(9-13)10-14(18)17-11-15(19)7-2-1-3-8-15/h4-6,9,19H,1-3,7-8,10-11H2,(H,17,18). The first kappa shape index (κ1) is 14.5. The van der Waals surface area contributed by atoms with Crippen LogP contribution in [0, 0.1) is 0 Å². The molecule has 104 valence electrons. The van der Waals surface area contributed by atoms with Crippen LogP contribution in [0.2, 0.25) is 0 Å². The van der Waals surface area contributed by atoms with Crippen molar-refractivity contribution >= 4 is 21.8 Å². The van der Waals surface area contributed by atoms with Gasteiger partial charge in [0.1, 0.15) is 0 Å². The molecule has 3 nitrogen and oxygen atoms in total. The molecule has 0 saturated heterocycles. The SMILES string of the molecule is O=C(Cc1cccc(Br)c1)NCC1(O)CCCCC1. The minimum absolute atomic E-state index is 0.0305. The van der Waals surface area contributed by atoms with Gasteiger partial charge in [-0.25, -0.2) is 0 Å². The van der Waals surface area contributed by atoms with Crippen LogP contribution in [0.4, 0.5) is 0 Å². The summed E-state index contributed by atoms with van der Waals surface area (Å²) >= 11 is 3.39. The van der Waals surface area contributed by atoms with E-state index in [1.165, 1.54) is 6.42 Å². The Morgan fingerprint density at radius 3 is 2.74 bits per heavy atom. The van der Waals surface area contributed by atoms with E-state index in [-0.39, 0.29) is 5.91 Å². The van der Waals surface area contributed by atoms with Crippen molar-refractivity contribution < 1.29 is 9.90 Å². The van der Waals surface area contributed by atoms with Gasteiger partial charge in [0.2, 0.25) is 5.91 Å². The van der Waals surface area contributed by atoms with E-state index in [4.69, 9.17) is 0 Å². The van der Waals surface area contributed by atoms with Gasteiger partial charge in [-0.3, -0.25) is 4.79 Å². The molecular formula is C15H20BrNO2. The average Bonchev–Trinajstić information content (AvgIpc) is 2.38. The molecular weight excluding hydrogens is 306 g/mol. The zero-order valence-electron chi connectivity index (χ0n) is 11.0. The highest BCUT2D eigenvalue weighted by Crippen LogP contribution is 2.27. The van der Waals surface area contributed by atoms with Crippen molar-refractivity contribution in [1.82, 2.24) is 5.32 Å². The van der Waals surface area contributed by atoms with Crippen LogP contribution in [0.1, 0.15) is 37.7 Å². The first-order valence-corrected chi connectivity index (χ1v) is 7.60. The Morgan fingerprint density at radius 2 is 2.05 bits per heavy atom. The largest absolute Gasteiger partial charge is 0.388 e. The van der Waals surface area contributed by atoms with Gasteiger partial charge in [0.25, 0.3) is 0 Å². The third-order valence-corrected chi connectivity index (χ3v) is 4.15. The monoisotopic (exact) mass is 325 g/mol. The second-order valence-corrected chi connectivity index (χ2v) is 6.28. The van der Waals surface area contributed by atoms with Gasteiger partial charge >= 0.3 is 0 Å². The Morgan fingerprint density at radius 1 is 1.32 bits per heavy atom. The van der Waals surface area contributed by atoms with E-state index in [2.05, 4.69) is 21.2 Å². The highest BCUT2D eigenvalue weighted by Gasteiger charge is 2.29. The molecule has 0 spiro atoms. The van der Waals surface area contributed by atoms with Gasteiger partial charge in [-0.2, -0.15) is 0 Å². The molecule has 0 radical (unpaired) electrons. The summed E-state index contributed by atoms with van der Waals surface area (Å²) in [6.07, 6.45) is 5.24. The predicted octanol–water partition coefficient (Wildman–Crippen LogP) is 2.80. The Labute approximate surface area is 122 Å². The number of aliphatic hydroxyl groups is 1. The number of hydrogen-bond donors (Lipinski definition) is 2. The van der Waals surface area contributed by atoms with Crippen molar-refractivity contribution in [2.24, 2.45) is 0 Å². The molecule has 0 unspecified atom stereocenters. The normalized spacial score (nSPS) is 18.0. The third-order valence-electron chi connectivity index (χ3n) is 3.65. The quantitative estimate of drug-likeness (QED) is 0.894. The van der Waals surface area contributed by atoms with E-state index in [0.29, 0.717) is 13.0 Å². The molecule has 4 heteroatoms. The summed E-state index contributed by atoms with van der Waals surface area (Å²) < 4.78 is 0.976. The van der Waals surface area contributed by atoms with E-state index in [1.807, 2.05) is 24.3 Å². The van der Waals surface area contributed by atoms with Gasteiger partial charge in [0, 0.05) is 11.0 Å². The molecule has 1 amide bonds. The number of amides is 1. The zero-order chi connectivity index (χ0) is 13.7. The molecule has 0 bridgehead atoms. The Hall–Kier alpha value is -0.870. The van der Waals surface area contributed by atoms with E-state index >= 15 is 0 Å². The summed E-state index contributed by atoms with van der Waals surface area (Å²) in [5.41, 5.74) is 0.285. The number of hydrogen-bond acceptors (Lipinski definition) is 2. The number of benzene rings is 1. The van der Waals surface area contributed by atoms with Crippen LogP contribution < -0.4 is 5.32 Å². The Balaban J connectivity index is 1.81. The smallest absolute Gasteiger partial charge is 0.224 e. The molecule has 0 aliphatic heterocycles. The third kappa shape index (κ3) is 4.62. The fourth-order valence-corrected chi connectivity index (χ4v) is 2.99. The average molecular weight is 326 g/mol. The Bertz CT molecular complexity index is 442. The van der Waals surface area contributed by atoms with Gasteiger partial charge in [-0.15, -0.1) is 0 Å². The van der Waals surface area contributed by atoms with Crippen molar-refractivity contribution in [3.8, 4) is 0 Å². The topological polar surface area (TPSA) is 49.3 Å². The Kier molecular flexibility index (Phi) is 4.99. The maximum absolute atomic E-state index is 11.9. The maximum atomic E-state index is 11.9. The van der Waals surface area contributed by atoms with Gasteiger partial charge in [-0.1, -0.05) is 47.3 Å². The molecule has 19 heavy (non-hydrogen) atoms. The highest BCUT2D eigenvalue weighted by molar-refractivity contribution is 9.10. The van der Waals surface area contributed by atoms with Crippen molar-refractivity contribution in [2.45, 2.75) is 44.1 Å². The van der Waals surface area contributed by atoms with Crippen LogP contribution in [0.15, 0.2) is 28.7 Å². The van der Waals surface area contributed by atoms with Crippen LogP contribution in [0.3, 0.4) is 0 Å². The summed E-state index contributed by atoms with van der Waals surface area (Å²) in [5, 5.41) is 13.2. The minimum Gasteiger partial charge on any atom is -0.388 e. The van der Waals surface area contributed by atoms with Gasteiger partial charge in [-0.05, 0) is 30.5 Å². The molecule has 2 N–H and O–H groups in total. The summed E-state index contributed by atoms with van der Waals surface area (Å²) in [4.78, 5) is 11.9. The molecule has 1 aliphatic rings. The van der Waals surface area contributed by atoms with Gasteiger partial charge in [0.15, 0.2) is 0 Å². The van der Waals surface area contributed by atoms with Gasteiger partial charge < -0.3 is 10.4 Å². The lowest BCUT2D eigenvalue weighted by Crippen LogP contribution is -2.44. The number of carbonyl (C=O) groups is 1. The van der Waals surface area contributed by atoms with Crippen molar-refractivity contribution in [2.75, 3.05) is 6.54 Å². The highest BCUT2D eigenvalue weighted by atomic mass is 79.9. The zero-order valence-corrected chi connectivity index (χ0v) is 12.6. The van der Waals surface area contributed by atoms with Crippen LogP contribution in [-0.2, 0) is 11.2 Å². The van der Waals surface area contributed by atoms with Crippen molar-refractivity contribution in [3.05, 3.63) is 34.3 Å². The molecule has 1 saturated carbocycles. The minimum atomic E-state index is -0.689. The fourth-order valence-electron chi connectivity index (χ4n) is 2.54. The molecule has 0 heterocycles. The summed E-state index contributed by atoms with van der Waals surface area (Å²) in [5.74, 6) is -0.0305.